The van der Waals surface area contributed by atoms with Crippen molar-refractivity contribution in [1.29, 1.82) is 0 Å². The van der Waals surface area contributed by atoms with E-state index in [9.17, 15) is 4.79 Å². The van der Waals surface area contributed by atoms with Gasteiger partial charge in [0.05, 0.1) is 16.8 Å². The lowest BCUT2D eigenvalue weighted by Crippen LogP contribution is -1.98. The molecule has 3 aromatic rings. The van der Waals surface area contributed by atoms with Gasteiger partial charge in [0, 0.05) is 0 Å². The second-order valence-electron chi connectivity index (χ2n) is 4.53. The molecule has 3 rings (SSSR count). The molecule has 0 amide bonds. The summed E-state index contributed by atoms with van der Waals surface area (Å²) in [6.07, 6.45) is 0.948. The maximum Gasteiger partial charge on any atom is 0.335 e. The van der Waals surface area contributed by atoms with Gasteiger partial charge in [-0.05, 0) is 42.3 Å². The van der Waals surface area contributed by atoms with E-state index in [2.05, 4.69) is 29.4 Å². The van der Waals surface area contributed by atoms with Gasteiger partial charge < -0.3 is 5.11 Å². The van der Waals surface area contributed by atoms with Crippen LogP contribution in [0.4, 0.5) is 0 Å². The smallest absolute Gasteiger partial charge is 0.335 e. The van der Waals surface area contributed by atoms with Crippen molar-refractivity contribution in [2.45, 2.75) is 13.3 Å². The molecular weight excluding hydrogens is 254 g/mol. The summed E-state index contributed by atoms with van der Waals surface area (Å²) in [6, 6.07) is 12.9. The van der Waals surface area contributed by atoms with Crippen LogP contribution in [0.3, 0.4) is 0 Å². The van der Waals surface area contributed by atoms with Gasteiger partial charge in [-0.1, -0.05) is 24.3 Å². The number of nitrogens with zero attached hydrogens (tertiary/aromatic N) is 3. The molecule has 0 fully saturated rings. The Morgan fingerprint density at radius 1 is 1.25 bits per heavy atom. The predicted octanol–water partition coefficient (Wildman–Crippen LogP) is 2.68. The molecule has 0 aliphatic rings. The van der Waals surface area contributed by atoms with Gasteiger partial charge in [0.25, 0.3) is 0 Å². The van der Waals surface area contributed by atoms with Gasteiger partial charge in [-0.2, -0.15) is 0 Å². The van der Waals surface area contributed by atoms with Crippen LogP contribution in [-0.2, 0) is 6.42 Å². The number of carboxylic acid groups (broad SMARTS) is 1. The molecule has 0 atom stereocenters. The maximum absolute atomic E-state index is 10.9. The van der Waals surface area contributed by atoms with Gasteiger partial charge >= 0.3 is 5.97 Å². The molecule has 0 aliphatic carbocycles. The lowest BCUT2D eigenvalue weighted by atomic mass is 10.1. The first kappa shape index (κ1) is 12.3. The fraction of sp³-hybridized carbons (Fsp3) is 0.133. The Balaban J connectivity index is 2.14. The number of aryl methyl sites for hydroxylation is 1. The Kier molecular flexibility index (Phi) is 2.95. The van der Waals surface area contributed by atoms with Crippen LogP contribution in [0.2, 0.25) is 0 Å². The predicted molar refractivity (Wildman–Crippen MR) is 75.2 cm³/mol. The number of rotatable bonds is 3. The third-order valence-corrected chi connectivity index (χ3v) is 3.26. The van der Waals surface area contributed by atoms with Crippen LogP contribution in [0.25, 0.3) is 16.7 Å². The molecule has 0 spiro atoms. The third-order valence-electron chi connectivity index (χ3n) is 3.26. The molecule has 0 bridgehead atoms. The van der Waals surface area contributed by atoms with Crippen LogP contribution >= 0.6 is 0 Å². The number of carboxylic acids is 1. The minimum Gasteiger partial charge on any atom is -0.478 e. The van der Waals surface area contributed by atoms with Gasteiger partial charge in [0.2, 0.25) is 0 Å². The Morgan fingerprint density at radius 3 is 2.85 bits per heavy atom. The number of fused-ring (bicyclic) bond motifs is 1. The van der Waals surface area contributed by atoms with Crippen molar-refractivity contribution in [3.05, 3.63) is 53.6 Å². The maximum atomic E-state index is 10.9. The molecule has 0 saturated heterocycles. The van der Waals surface area contributed by atoms with Gasteiger partial charge in [0.1, 0.15) is 5.52 Å². The average molecular weight is 267 g/mol. The molecule has 0 saturated carbocycles. The second-order valence-corrected chi connectivity index (χ2v) is 4.53. The van der Waals surface area contributed by atoms with Gasteiger partial charge in [-0.15, -0.1) is 5.10 Å². The zero-order chi connectivity index (χ0) is 14.1. The molecular formula is C15H13N3O2. The van der Waals surface area contributed by atoms with E-state index in [0.717, 1.165) is 17.6 Å². The summed E-state index contributed by atoms with van der Waals surface area (Å²) in [4.78, 5) is 10.9. The number of carbonyl (C=O) groups is 1. The Labute approximate surface area is 115 Å². The van der Waals surface area contributed by atoms with Crippen LogP contribution in [0.1, 0.15) is 22.8 Å². The van der Waals surface area contributed by atoms with Crippen LogP contribution in [-0.4, -0.2) is 26.1 Å². The van der Waals surface area contributed by atoms with E-state index in [1.54, 1.807) is 16.8 Å². The summed E-state index contributed by atoms with van der Waals surface area (Å²) in [5.74, 6) is -0.963. The highest BCUT2D eigenvalue weighted by Crippen LogP contribution is 2.18. The highest BCUT2D eigenvalue weighted by Gasteiger charge is 2.10. The first-order valence-corrected chi connectivity index (χ1v) is 6.37. The van der Waals surface area contributed by atoms with E-state index in [4.69, 9.17) is 5.11 Å². The van der Waals surface area contributed by atoms with Crippen molar-refractivity contribution in [2.75, 3.05) is 0 Å². The van der Waals surface area contributed by atoms with E-state index >= 15 is 0 Å². The van der Waals surface area contributed by atoms with Crippen LogP contribution in [0.5, 0.6) is 0 Å². The number of aromatic carboxylic acids is 1. The SMILES string of the molecule is CCc1cccc(-n2nnc3cc(C(=O)O)ccc32)c1. The van der Waals surface area contributed by atoms with Crippen molar-refractivity contribution in [1.82, 2.24) is 15.0 Å². The topological polar surface area (TPSA) is 68.0 Å². The van der Waals surface area contributed by atoms with Crippen LogP contribution in [0.15, 0.2) is 42.5 Å². The normalized spacial score (nSPS) is 10.8. The van der Waals surface area contributed by atoms with Crippen molar-refractivity contribution in [3.63, 3.8) is 0 Å². The number of hydrogen-bond donors (Lipinski definition) is 1. The van der Waals surface area contributed by atoms with E-state index in [-0.39, 0.29) is 5.56 Å². The van der Waals surface area contributed by atoms with E-state index in [1.165, 1.54) is 11.6 Å². The Hall–Kier alpha value is -2.69. The second kappa shape index (κ2) is 4.77. The highest BCUT2D eigenvalue weighted by molar-refractivity contribution is 5.92. The van der Waals surface area contributed by atoms with E-state index < -0.39 is 5.97 Å². The van der Waals surface area contributed by atoms with Gasteiger partial charge in [-0.3, -0.25) is 0 Å². The molecule has 5 nitrogen and oxygen atoms in total. The summed E-state index contributed by atoms with van der Waals surface area (Å²) in [6.45, 7) is 2.09. The van der Waals surface area contributed by atoms with Crippen molar-refractivity contribution in [2.24, 2.45) is 0 Å². The molecule has 5 heteroatoms. The fourth-order valence-electron chi connectivity index (χ4n) is 2.16. The molecule has 0 radical (unpaired) electrons. The van der Waals surface area contributed by atoms with Gasteiger partial charge in [0.15, 0.2) is 0 Å². The number of benzene rings is 2. The lowest BCUT2D eigenvalue weighted by molar-refractivity contribution is 0.0697. The van der Waals surface area contributed by atoms with E-state index in [1.807, 2.05) is 12.1 Å². The van der Waals surface area contributed by atoms with Crippen molar-refractivity contribution in [3.8, 4) is 5.69 Å². The average Bonchev–Trinajstić information content (AvgIpc) is 2.90. The molecule has 0 aliphatic heterocycles. The first-order chi connectivity index (χ1) is 9.69. The van der Waals surface area contributed by atoms with Crippen molar-refractivity contribution >= 4 is 17.0 Å². The third kappa shape index (κ3) is 2.03. The summed E-state index contributed by atoms with van der Waals surface area (Å²) < 4.78 is 1.72. The molecule has 100 valence electrons. The fourth-order valence-corrected chi connectivity index (χ4v) is 2.16. The van der Waals surface area contributed by atoms with Crippen molar-refractivity contribution < 1.29 is 9.90 Å². The Bertz CT molecular complexity index is 793. The summed E-state index contributed by atoms with van der Waals surface area (Å²) in [5.41, 5.74) is 3.73. The number of aromatic nitrogens is 3. The summed E-state index contributed by atoms with van der Waals surface area (Å²) >= 11 is 0. The highest BCUT2D eigenvalue weighted by atomic mass is 16.4. The van der Waals surface area contributed by atoms with Crippen LogP contribution in [0, 0.1) is 0 Å². The lowest BCUT2D eigenvalue weighted by Gasteiger charge is -2.04. The molecule has 1 heterocycles. The number of hydrogen-bond acceptors (Lipinski definition) is 3. The zero-order valence-electron chi connectivity index (χ0n) is 10.9. The molecule has 20 heavy (non-hydrogen) atoms. The molecule has 1 N–H and O–H groups in total. The summed E-state index contributed by atoms with van der Waals surface area (Å²) in [7, 11) is 0. The molecule has 0 unspecified atom stereocenters. The molecule has 1 aromatic heterocycles. The monoisotopic (exact) mass is 267 g/mol. The largest absolute Gasteiger partial charge is 0.478 e. The quantitative estimate of drug-likeness (QED) is 0.792. The van der Waals surface area contributed by atoms with E-state index in [0.29, 0.717) is 5.52 Å². The van der Waals surface area contributed by atoms with Crippen LogP contribution < -0.4 is 0 Å². The minimum atomic E-state index is -0.963. The van der Waals surface area contributed by atoms with Gasteiger partial charge in [-0.25, -0.2) is 9.48 Å². The zero-order valence-corrected chi connectivity index (χ0v) is 10.9. The molecule has 2 aromatic carbocycles. The Morgan fingerprint density at radius 2 is 2.10 bits per heavy atom. The minimum absolute atomic E-state index is 0.215. The first-order valence-electron chi connectivity index (χ1n) is 6.37. The standard InChI is InChI=1S/C15H13N3O2/c1-2-10-4-3-5-12(8-10)18-14-7-6-11(15(19)20)9-13(14)16-17-18/h3-9H,2H2,1H3,(H,19,20). The summed E-state index contributed by atoms with van der Waals surface area (Å²) in [5, 5.41) is 17.1.